The fourth-order valence-electron chi connectivity index (χ4n) is 3.36. The van der Waals surface area contributed by atoms with Gasteiger partial charge in [-0.2, -0.15) is 0 Å². The van der Waals surface area contributed by atoms with E-state index in [4.69, 9.17) is 4.74 Å². The average molecular weight is 378 g/mol. The van der Waals surface area contributed by atoms with Gasteiger partial charge >= 0.3 is 6.09 Å². The van der Waals surface area contributed by atoms with Gasteiger partial charge in [0.25, 0.3) is 0 Å². The van der Waals surface area contributed by atoms with E-state index in [2.05, 4.69) is 5.32 Å². The van der Waals surface area contributed by atoms with E-state index in [0.29, 0.717) is 12.0 Å². The molecular formula is C21H31FN2O3. The number of halogens is 1. The maximum atomic E-state index is 14.3. The summed E-state index contributed by atoms with van der Waals surface area (Å²) in [6.45, 7) is 8.10. The van der Waals surface area contributed by atoms with E-state index in [-0.39, 0.29) is 30.6 Å². The van der Waals surface area contributed by atoms with Gasteiger partial charge in [-0.15, -0.1) is 0 Å². The second-order valence-electron chi connectivity index (χ2n) is 8.24. The zero-order chi connectivity index (χ0) is 20.0. The highest BCUT2D eigenvalue weighted by molar-refractivity contribution is 5.78. The Bertz CT molecular complexity index is 646. The average Bonchev–Trinajstić information content (AvgIpc) is 2.87. The number of rotatable bonds is 5. The number of hydrogen-bond donors (Lipinski definition) is 1. The molecule has 0 spiro atoms. The predicted molar refractivity (Wildman–Crippen MR) is 104 cm³/mol. The highest BCUT2D eigenvalue weighted by Gasteiger charge is 2.29. The fraction of sp³-hybridized carbons (Fsp3) is 0.619. The highest BCUT2D eigenvalue weighted by atomic mass is 19.1. The molecule has 2 atom stereocenters. The van der Waals surface area contributed by atoms with Crippen LogP contribution in [0.15, 0.2) is 35.7 Å². The first-order valence-electron chi connectivity index (χ1n) is 9.66. The van der Waals surface area contributed by atoms with Crippen LogP contribution in [-0.2, 0) is 9.53 Å². The molecule has 150 valence electrons. The van der Waals surface area contributed by atoms with E-state index in [1.807, 2.05) is 17.9 Å². The van der Waals surface area contributed by atoms with Crippen LogP contribution in [0.5, 0.6) is 0 Å². The van der Waals surface area contributed by atoms with Gasteiger partial charge in [0.1, 0.15) is 11.4 Å². The molecule has 1 fully saturated rings. The molecular weight excluding hydrogens is 347 g/mol. The van der Waals surface area contributed by atoms with Crippen LogP contribution in [0, 0.1) is 0 Å². The molecule has 2 rings (SSSR count). The van der Waals surface area contributed by atoms with E-state index in [9.17, 15) is 14.0 Å². The van der Waals surface area contributed by atoms with E-state index in [1.54, 1.807) is 32.9 Å². The van der Waals surface area contributed by atoms with Crippen LogP contribution in [0.4, 0.5) is 9.18 Å². The SMILES string of the molecule is C[C@@H]1CCCN1C(=O)CC(CC1=C(F)C=CCC=C1)NC(=O)OC(C)(C)C. The van der Waals surface area contributed by atoms with Crippen molar-refractivity contribution in [2.75, 3.05) is 6.54 Å². The van der Waals surface area contributed by atoms with Gasteiger partial charge in [0.05, 0.1) is 0 Å². The third-order valence-corrected chi connectivity index (χ3v) is 4.64. The molecule has 1 unspecified atom stereocenters. The zero-order valence-electron chi connectivity index (χ0n) is 16.8. The number of nitrogens with zero attached hydrogens (tertiary/aromatic N) is 1. The number of ether oxygens (including phenoxy) is 1. The number of amides is 2. The van der Waals surface area contributed by atoms with Gasteiger partial charge in [0.2, 0.25) is 5.91 Å². The Morgan fingerprint density at radius 2 is 2.04 bits per heavy atom. The number of allylic oxidation sites excluding steroid dienone is 5. The fourth-order valence-corrected chi connectivity index (χ4v) is 3.36. The maximum Gasteiger partial charge on any atom is 0.407 e. The summed E-state index contributed by atoms with van der Waals surface area (Å²) in [5, 5.41) is 2.76. The Labute approximate surface area is 161 Å². The van der Waals surface area contributed by atoms with Gasteiger partial charge in [-0.1, -0.05) is 18.2 Å². The van der Waals surface area contributed by atoms with Crippen molar-refractivity contribution >= 4 is 12.0 Å². The quantitative estimate of drug-likeness (QED) is 0.771. The molecule has 2 aliphatic rings. The lowest BCUT2D eigenvalue weighted by atomic mass is 10.0. The molecule has 0 bridgehead atoms. The molecule has 0 radical (unpaired) electrons. The standard InChI is InChI=1S/C21H31FN2O3/c1-15-9-8-12-24(15)19(25)14-17(23-20(26)27-21(2,3)4)13-16-10-6-5-7-11-18(16)22/h6-7,10-11,15,17H,5,8-9,12-14H2,1-4H3,(H,23,26)/t15-,17?/m1/s1. The van der Waals surface area contributed by atoms with Gasteiger partial charge in [-0.25, -0.2) is 9.18 Å². The lowest BCUT2D eigenvalue weighted by Crippen LogP contribution is -2.43. The third-order valence-electron chi connectivity index (χ3n) is 4.64. The van der Waals surface area contributed by atoms with Crippen molar-refractivity contribution in [2.45, 2.75) is 77.5 Å². The summed E-state index contributed by atoms with van der Waals surface area (Å²) in [5.74, 6) is -0.350. The van der Waals surface area contributed by atoms with Crippen molar-refractivity contribution in [1.29, 1.82) is 0 Å². The van der Waals surface area contributed by atoms with Crippen LogP contribution in [0.2, 0.25) is 0 Å². The summed E-state index contributed by atoms with van der Waals surface area (Å²) < 4.78 is 19.6. The van der Waals surface area contributed by atoms with Crippen LogP contribution in [0.3, 0.4) is 0 Å². The summed E-state index contributed by atoms with van der Waals surface area (Å²) >= 11 is 0. The van der Waals surface area contributed by atoms with Crippen molar-refractivity contribution in [3.8, 4) is 0 Å². The minimum Gasteiger partial charge on any atom is -0.444 e. The molecule has 1 saturated heterocycles. The number of carbonyl (C=O) groups is 2. The minimum atomic E-state index is -0.641. The summed E-state index contributed by atoms with van der Waals surface area (Å²) in [6.07, 6.45) is 9.17. The predicted octanol–water partition coefficient (Wildman–Crippen LogP) is 4.41. The smallest absolute Gasteiger partial charge is 0.407 e. The van der Waals surface area contributed by atoms with Crippen molar-refractivity contribution in [1.82, 2.24) is 10.2 Å². The first-order valence-corrected chi connectivity index (χ1v) is 9.66. The lowest BCUT2D eigenvalue weighted by molar-refractivity contribution is -0.132. The topological polar surface area (TPSA) is 58.6 Å². The Kier molecular flexibility index (Phi) is 7.22. The maximum absolute atomic E-state index is 14.3. The molecule has 27 heavy (non-hydrogen) atoms. The largest absolute Gasteiger partial charge is 0.444 e. The van der Waals surface area contributed by atoms with Gasteiger partial charge in [0.15, 0.2) is 0 Å². The molecule has 0 saturated carbocycles. The first kappa shape index (κ1) is 21.2. The van der Waals surface area contributed by atoms with Gasteiger partial charge in [-0.05, 0) is 65.0 Å². The number of carbonyl (C=O) groups excluding carboxylic acids is 2. The molecule has 2 amide bonds. The molecule has 0 aromatic rings. The summed E-state index contributed by atoms with van der Waals surface area (Å²) in [4.78, 5) is 26.8. The molecule has 1 aliphatic heterocycles. The highest BCUT2D eigenvalue weighted by Crippen LogP contribution is 2.23. The van der Waals surface area contributed by atoms with Crippen LogP contribution in [0.1, 0.15) is 59.8 Å². The molecule has 0 aromatic carbocycles. The van der Waals surface area contributed by atoms with E-state index < -0.39 is 17.7 Å². The monoisotopic (exact) mass is 378 g/mol. The van der Waals surface area contributed by atoms with E-state index >= 15 is 0 Å². The molecule has 1 heterocycles. The molecule has 0 aromatic heterocycles. The third kappa shape index (κ3) is 6.85. The second-order valence-corrected chi connectivity index (χ2v) is 8.24. The van der Waals surface area contributed by atoms with E-state index in [1.165, 1.54) is 6.08 Å². The summed E-state index contributed by atoms with van der Waals surface area (Å²) in [6, 6.07) is -0.326. The van der Waals surface area contributed by atoms with E-state index in [0.717, 1.165) is 19.4 Å². The first-order chi connectivity index (χ1) is 12.7. The van der Waals surface area contributed by atoms with Gasteiger partial charge in [0, 0.05) is 25.0 Å². The van der Waals surface area contributed by atoms with Crippen LogP contribution in [-0.4, -0.2) is 41.1 Å². The summed E-state index contributed by atoms with van der Waals surface area (Å²) in [5.41, 5.74) is -0.163. The lowest BCUT2D eigenvalue weighted by Gasteiger charge is -2.27. The number of likely N-dealkylation sites (tertiary alicyclic amines) is 1. The Morgan fingerprint density at radius 1 is 1.33 bits per heavy atom. The van der Waals surface area contributed by atoms with Crippen molar-refractivity contribution < 1.29 is 18.7 Å². The zero-order valence-corrected chi connectivity index (χ0v) is 16.8. The number of alkyl carbamates (subject to hydrolysis) is 1. The van der Waals surface area contributed by atoms with Gasteiger partial charge < -0.3 is 15.0 Å². The Hall–Kier alpha value is -2.11. The minimum absolute atomic E-state index is 0.0183. The van der Waals surface area contributed by atoms with Crippen molar-refractivity contribution in [3.63, 3.8) is 0 Å². The Balaban J connectivity index is 2.11. The van der Waals surface area contributed by atoms with Crippen LogP contribution >= 0.6 is 0 Å². The summed E-state index contributed by atoms with van der Waals surface area (Å²) in [7, 11) is 0. The second kappa shape index (κ2) is 9.20. The Morgan fingerprint density at radius 3 is 2.67 bits per heavy atom. The molecule has 1 N–H and O–H groups in total. The number of hydrogen-bond acceptors (Lipinski definition) is 3. The van der Waals surface area contributed by atoms with Gasteiger partial charge in [-0.3, -0.25) is 4.79 Å². The van der Waals surface area contributed by atoms with Crippen LogP contribution in [0.25, 0.3) is 0 Å². The van der Waals surface area contributed by atoms with Crippen LogP contribution < -0.4 is 5.32 Å². The molecule has 5 nitrogen and oxygen atoms in total. The molecule has 1 aliphatic carbocycles. The normalized spacial score (nSPS) is 21.2. The van der Waals surface area contributed by atoms with Crippen molar-refractivity contribution in [3.05, 3.63) is 35.7 Å². The van der Waals surface area contributed by atoms with Crippen molar-refractivity contribution in [2.24, 2.45) is 0 Å². The molecule has 6 heteroatoms. The number of nitrogens with one attached hydrogen (secondary N) is 1.